The summed E-state index contributed by atoms with van der Waals surface area (Å²) in [5.74, 6) is 0.00536. The molecule has 0 aromatic rings. The van der Waals surface area contributed by atoms with Gasteiger partial charge in [-0.25, -0.2) is 0 Å². The summed E-state index contributed by atoms with van der Waals surface area (Å²) in [5.41, 5.74) is -0.406. The molecular weight excluding hydrogens is 280 g/mol. The summed E-state index contributed by atoms with van der Waals surface area (Å²) in [5, 5.41) is 3.35. The molecule has 6 heteroatoms. The van der Waals surface area contributed by atoms with Crippen molar-refractivity contribution in [3.63, 3.8) is 0 Å². The van der Waals surface area contributed by atoms with Gasteiger partial charge in [0.2, 0.25) is 5.91 Å². The second kappa shape index (κ2) is 7.27. The lowest BCUT2D eigenvalue weighted by Crippen LogP contribution is -2.59. The van der Waals surface area contributed by atoms with E-state index in [1.54, 1.807) is 0 Å². The van der Waals surface area contributed by atoms with E-state index in [1.807, 2.05) is 11.8 Å². The smallest absolute Gasteiger partial charge is 0.308 e. The van der Waals surface area contributed by atoms with Gasteiger partial charge < -0.3 is 15.0 Å². The minimum Gasteiger partial charge on any atom is -0.469 e. The normalized spacial score (nSPS) is 27.6. The van der Waals surface area contributed by atoms with Gasteiger partial charge in [0, 0.05) is 13.1 Å². The van der Waals surface area contributed by atoms with Crippen molar-refractivity contribution in [1.29, 1.82) is 0 Å². The van der Waals surface area contributed by atoms with Crippen molar-refractivity contribution in [2.75, 3.05) is 26.7 Å². The van der Waals surface area contributed by atoms with Crippen LogP contribution in [0.2, 0.25) is 0 Å². The van der Waals surface area contributed by atoms with E-state index in [4.69, 9.17) is 4.74 Å². The highest BCUT2D eigenvalue weighted by Crippen LogP contribution is 2.25. The third kappa shape index (κ3) is 3.64. The highest BCUT2D eigenvalue weighted by Gasteiger charge is 2.39. The van der Waals surface area contributed by atoms with Crippen molar-refractivity contribution in [2.24, 2.45) is 5.92 Å². The van der Waals surface area contributed by atoms with Crippen LogP contribution in [0.3, 0.4) is 0 Å². The molecule has 2 fully saturated rings. The van der Waals surface area contributed by atoms with Crippen molar-refractivity contribution in [2.45, 2.75) is 44.6 Å². The zero-order chi connectivity index (χ0) is 13.9. The number of halogens is 1. The molecule has 116 valence electrons. The van der Waals surface area contributed by atoms with Gasteiger partial charge >= 0.3 is 5.97 Å². The predicted molar refractivity (Wildman–Crippen MR) is 78.8 cm³/mol. The quantitative estimate of drug-likeness (QED) is 0.783. The van der Waals surface area contributed by atoms with E-state index in [0.717, 1.165) is 25.8 Å². The van der Waals surface area contributed by atoms with Crippen LogP contribution < -0.4 is 5.32 Å². The number of methoxy groups -OCH3 is 1. The summed E-state index contributed by atoms with van der Waals surface area (Å²) in [7, 11) is 1.42. The lowest BCUT2D eigenvalue weighted by molar-refractivity contribution is -0.150. The largest absolute Gasteiger partial charge is 0.469 e. The molecule has 0 spiro atoms. The fraction of sp³-hybridized carbons (Fsp3) is 0.857. The first-order valence-corrected chi connectivity index (χ1v) is 7.19. The maximum absolute atomic E-state index is 12.6. The molecule has 0 aromatic heterocycles. The van der Waals surface area contributed by atoms with Crippen molar-refractivity contribution in [3.05, 3.63) is 0 Å². The summed E-state index contributed by atoms with van der Waals surface area (Å²) >= 11 is 0. The fourth-order valence-electron chi connectivity index (χ4n) is 3.07. The highest BCUT2D eigenvalue weighted by atomic mass is 35.5. The molecule has 0 aromatic carbocycles. The van der Waals surface area contributed by atoms with Crippen LogP contribution in [-0.4, -0.2) is 49.1 Å². The Balaban J connectivity index is 0.00000200. The highest BCUT2D eigenvalue weighted by molar-refractivity contribution is 5.86. The van der Waals surface area contributed by atoms with E-state index in [9.17, 15) is 9.59 Å². The number of nitrogens with one attached hydrogen (secondary N) is 1. The Bertz CT molecular complexity index is 348. The number of rotatable bonds is 2. The first kappa shape index (κ1) is 17.2. The second-order valence-corrected chi connectivity index (χ2v) is 5.81. The van der Waals surface area contributed by atoms with Gasteiger partial charge in [-0.15, -0.1) is 12.4 Å². The van der Waals surface area contributed by atoms with Gasteiger partial charge in [-0.2, -0.15) is 0 Å². The van der Waals surface area contributed by atoms with Gasteiger partial charge in [-0.05, 0) is 45.6 Å². The molecule has 1 atom stereocenters. The van der Waals surface area contributed by atoms with Crippen molar-refractivity contribution in [3.8, 4) is 0 Å². The van der Waals surface area contributed by atoms with Crippen LogP contribution in [0.1, 0.15) is 39.0 Å². The second-order valence-electron chi connectivity index (χ2n) is 5.81. The van der Waals surface area contributed by atoms with Crippen LogP contribution in [0.4, 0.5) is 0 Å². The Morgan fingerprint density at radius 2 is 1.90 bits per heavy atom. The monoisotopic (exact) mass is 304 g/mol. The van der Waals surface area contributed by atoms with Gasteiger partial charge in [0.1, 0.15) is 0 Å². The fourth-order valence-corrected chi connectivity index (χ4v) is 3.07. The standard InChI is InChI=1S/C14H24N2O3.ClH/c1-14(7-3-4-8-15-14)13(18)16-9-5-11(6-10-16)12(17)19-2;/h11,15H,3-10H2,1-2H3;1H. The van der Waals surface area contributed by atoms with Crippen molar-refractivity contribution >= 4 is 24.3 Å². The number of hydrogen-bond donors (Lipinski definition) is 1. The van der Waals surface area contributed by atoms with E-state index >= 15 is 0 Å². The average molecular weight is 305 g/mol. The number of likely N-dealkylation sites (tertiary alicyclic amines) is 1. The summed E-state index contributed by atoms with van der Waals surface area (Å²) in [4.78, 5) is 25.9. The van der Waals surface area contributed by atoms with Crippen LogP contribution in [0, 0.1) is 5.92 Å². The van der Waals surface area contributed by atoms with Crippen molar-refractivity contribution < 1.29 is 14.3 Å². The van der Waals surface area contributed by atoms with Crippen LogP contribution in [-0.2, 0) is 14.3 Å². The lowest BCUT2D eigenvalue weighted by atomic mass is 9.88. The number of esters is 1. The van der Waals surface area contributed by atoms with Crippen LogP contribution >= 0.6 is 12.4 Å². The first-order chi connectivity index (χ1) is 9.07. The Kier molecular flexibility index (Phi) is 6.27. The third-order valence-electron chi connectivity index (χ3n) is 4.41. The zero-order valence-corrected chi connectivity index (χ0v) is 13.1. The molecule has 0 saturated carbocycles. The van der Waals surface area contributed by atoms with Crippen molar-refractivity contribution in [1.82, 2.24) is 10.2 Å². The minimum atomic E-state index is -0.406. The summed E-state index contributed by atoms with van der Waals surface area (Å²) in [6.07, 6.45) is 4.59. The summed E-state index contributed by atoms with van der Waals surface area (Å²) in [6.45, 7) is 4.24. The van der Waals surface area contributed by atoms with E-state index in [2.05, 4.69) is 5.32 Å². The molecule has 1 unspecified atom stereocenters. The Labute approximate surface area is 126 Å². The maximum Gasteiger partial charge on any atom is 0.308 e. The number of piperidine rings is 2. The Hall–Kier alpha value is -0.810. The zero-order valence-electron chi connectivity index (χ0n) is 12.3. The van der Waals surface area contributed by atoms with Gasteiger partial charge in [0.15, 0.2) is 0 Å². The maximum atomic E-state index is 12.6. The van der Waals surface area contributed by atoms with Gasteiger partial charge in [0.05, 0.1) is 18.6 Å². The molecule has 0 bridgehead atoms. The molecule has 5 nitrogen and oxygen atoms in total. The molecule has 2 saturated heterocycles. The number of nitrogens with zero attached hydrogens (tertiary/aromatic N) is 1. The number of hydrogen-bond acceptors (Lipinski definition) is 4. The van der Waals surface area contributed by atoms with Crippen LogP contribution in [0.25, 0.3) is 0 Å². The van der Waals surface area contributed by atoms with E-state index in [-0.39, 0.29) is 30.2 Å². The molecule has 0 aliphatic carbocycles. The lowest BCUT2D eigenvalue weighted by Gasteiger charge is -2.40. The molecule has 2 aliphatic heterocycles. The summed E-state index contributed by atoms with van der Waals surface area (Å²) < 4.78 is 4.77. The molecule has 1 amide bonds. The molecule has 2 aliphatic rings. The Morgan fingerprint density at radius 3 is 2.40 bits per heavy atom. The van der Waals surface area contributed by atoms with Gasteiger partial charge in [0.25, 0.3) is 0 Å². The van der Waals surface area contributed by atoms with E-state index in [1.165, 1.54) is 7.11 Å². The topological polar surface area (TPSA) is 58.6 Å². The van der Waals surface area contributed by atoms with E-state index < -0.39 is 5.54 Å². The predicted octanol–water partition coefficient (Wildman–Crippen LogP) is 1.35. The molecule has 0 radical (unpaired) electrons. The number of ether oxygens (including phenoxy) is 1. The Morgan fingerprint density at radius 1 is 1.25 bits per heavy atom. The number of carbonyl (C=O) groups is 2. The molecular formula is C14H25ClN2O3. The summed E-state index contributed by atoms with van der Waals surface area (Å²) in [6, 6.07) is 0. The minimum absolute atomic E-state index is 0. The van der Waals surface area contributed by atoms with Gasteiger partial charge in [-0.3, -0.25) is 9.59 Å². The number of amides is 1. The SMILES string of the molecule is COC(=O)C1CCN(C(=O)C2(C)CCCCN2)CC1.Cl. The van der Waals surface area contributed by atoms with Crippen LogP contribution in [0.5, 0.6) is 0 Å². The van der Waals surface area contributed by atoms with Gasteiger partial charge in [-0.1, -0.05) is 0 Å². The molecule has 2 heterocycles. The van der Waals surface area contributed by atoms with E-state index in [0.29, 0.717) is 25.9 Å². The first-order valence-electron chi connectivity index (χ1n) is 7.19. The molecule has 20 heavy (non-hydrogen) atoms. The van der Waals surface area contributed by atoms with Crippen LogP contribution in [0.15, 0.2) is 0 Å². The molecule has 2 rings (SSSR count). The average Bonchev–Trinajstić information content (AvgIpc) is 2.46. The number of carbonyl (C=O) groups excluding carboxylic acids is 2. The molecule has 1 N–H and O–H groups in total. The third-order valence-corrected chi connectivity index (χ3v) is 4.41.